The molecule has 5 rings (SSSR count). The van der Waals surface area contributed by atoms with Crippen molar-refractivity contribution in [3.63, 3.8) is 0 Å². The summed E-state index contributed by atoms with van der Waals surface area (Å²) < 4.78 is 0. The fraction of sp³-hybridized carbons (Fsp3) is 0.389. The summed E-state index contributed by atoms with van der Waals surface area (Å²) in [5, 5.41) is 15.7. The summed E-state index contributed by atoms with van der Waals surface area (Å²) in [5.41, 5.74) is 4.79. The molecule has 9 nitrogen and oxygen atoms in total. The van der Waals surface area contributed by atoms with E-state index < -0.39 is 5.41 Å². The SMILES string of the molecule is Cc1ccccc1N1CCN(c2ccc(C(=O)NCCCN3CCCC3=O)cc2NC(=O)c2cccc(C(C)(C)C#N)c2)CC1. The molecule has 0 saturated carbocycles. The minimum absolute atomic E-state index is 0.179. The number of anilines is 3. The molecule has 2 fully saturated rings. The van der Waals surface area contributed by atoms with Gasteiger partial charge >= 0.3 is 0 Å². The molecule has 2 saturated heterocycles. The lowest BCUT2D eigenvalue weighted by Crippen LogP contribution is -2.47. The van der Waals surface area contributed by atoms with Gasteiger partial charge in [0.05, 0.1) is 22.9 Å². The Bertz CT molecular complexity index is 1600. The van der Waals surface area contributed by atoms with Crippen molar-refractivity contribution < 1.29 is 14.4 Å². The van der Waals surface area contributed by atoms with Crippen LogP contribution in [0.3, 0.4) is 0 Å². The lowest BCUT2D eigenvalue weighted by atomic mass is 9.85. The van der Waals surface area contributed by atoms with Crippen molar-refractivity contribution in [2.75, 3.05) is 60.9 Å². The van der Waals surface area contributed by atoms with Crippen LogP contribution < -0.4 is 20.4 Å². The number of carbonyl (C=O) groups excluding carboxylic acids is 3. The highest BCUT2D eigenvalue weighted by atomic mass is 16.2. The maximum atomic E-state index is 13.6. The maximum absolute atomic E-state index is 13.6. The minimum Gasteiger partial charge on any atom is -0.368 e. The Balaban J connectivity index is 1.33. The van der Waals surface area contributed by atoms with E-state index >= 15 is 0 Å². The Morgan fingerprint density at radius 2 is 1.58 bits per heavy atom. The number of amides is 3. The molecule has 0 aromatic heterocycles. The van der Waals surface area contributed by atoms with Crippen molar-refractivity contribution >= 4 is 34.8 Å². The van der Waals surface area contributed by atoms with Gasteiger partial charge in [0.25, 0.3) is 11.8 Å². The zero-order chi connectivity index (χ0) is 32.0. The molecule has 0 radical (unpaired) electrons. The predicted molar refractivity (Wildman–Crippen MR) is 178 cm³/mol. The van der Waals surface area contributed by atoms with Crippen molar-refractivity contribution in [2.45, 2.75) is 45.4 Å². The third-order valence-electron chi connectivity index (χ3n) is 8.77. The zero-order valence-corrected chi connectivity index (χ0v) is 26.4. The quantitative estimate of drug-likeness (QED) is 0.310. The summed E-state index contributed by atoms with van der Waals surface area (Å²) in [6.07, 6.45) is 2.18. The number of hydrogen-bond donors (Lipinski definition) is 2. The third kappa shape index (κ3) is 7.46. The molecule has 0 atom stereocenters. The number of nitrogens with zero attached hydrogens (tertiary/aromatic N) is 4. The van der Waals surface area contributed by atoms with E-state index in [2.05, 4.69) is 51.6 Å². The number of piperazine rings is 1. The van der Waals surface area contributed by atoms with Crippen LogP contribution in [0.4, 0.5) is 17.1 Å². The highest BCUT2D eigenvalue weighted by molar-refractivity contribution is 6.07. The van der Waals surface area contributed by atoms with E-state index in [1.165, 1.54) is 11.3 Å². The van der Waals surface area contributed by atoms with Crippen molar-refractivity contribution in [1.82, 2.24) is 10.2 Å². The normalized spacial score (nSPS) is 15.2. The first-order valence-corrected chi connectivity index (χ1v) is 15.7. The van der Waals surface area contributed by atoms with Crippen LogP contribution in [0.2, 0.25) is 0 Å². The summed E-state index contributed by atoms with van der Waals surface area (Å²) >= 11 is 0. The van der Waals surface area contributed by atoms with E-state index in [1.54, 1.807) is 30.3 Å². The van der Waals surface area contributed by atoms with Gasteiger partial charge in [-0.15, -0.1) is 0 Å². The second-order valence-corrected chi connectivity index (χ2v) is 12.4. The van der Waals surface area contributed by atoms with Crippen molar-refractivity contribution in [3.05, 3.63) is 89.0 Å². The molecular weight excluding hydrogens is 564 g/mol. The van der Waals surface area contributed by atoms with Gasteiger partial charge in [-0.25, -0.2) is 0 Å². The fourth-order valence-electron chi connectivity index (χ4n) is 5.98. The molecule has 0 aliphatic carbocycles. The third-order valence-corrected chi connectivity index (χ3v) is 8.77. The number of likely N-dealkylation sites (tertiary alicyclic amines) is 1. The molecule has 3 amide bonds. The molecule has 2 aliphatic rings. The van der Waals surface area contributed by atoms with E-state index in [0.717, 1.165) is 50.4 Å². The van der Waals surface area contributed by atoms with Gasteiger partial charge in [0.2, 0.25) is 5.91 Å². The Morgan fingerprint density at radius 1 is 0.867 bits per heavy atom. The first-order chi connectivity index (χ1) is 21.7. The van der Waals surface area contributed by atoms with Crippen LogP contribution in [-0.4, -0.2) is 68.4 Å². The van der Waals surface area contributed by atoms with Crippen molar-refractivity contribution in [3.8, 4) is 6.07 Å². The second-order valence-electron chi connectivity index (χ2n) is 12.4. The number of nitrogens with one attached hydrogen (secondary N) is 2. The Kier molecular flexibility index (Phi) is 9.72. The monoisotopic (exact) mass is 606 g/mol. The molecule has 3 aromatic carbocycles. The van der Waals surface area contributed by atoms with E-state index in [9.17, 15) is 19.6 Å². The fourth-order valence-corrected chi connectivity index (χ4v) is 5.98. The molecule has 45 heavy (non-hydrogen) atoms. The molecule has 2 aliphatic heterocycles. The molecule has 2 N–H and O–H groups in total. The van der Waals surface area contributed by atoms with Crippen LogP contribution in [0.25, 0.3) is 0 Å². The lowest BCUT2D eigenvalue weighted by molar-refractivity contribution is -0.127. The van der Waals surface area contributed by atoms with Gasteiger partial charge in [-0.05, 0) is 81.1 Å². The standard InChI is InChI=1S/C36H42N6O3/c1-26-9-4-5-12-31(26)40-19-21-41(22-20-40)32-15-14-28(34(44)38-16-8-18-42-17-7-13-33(42)43)24-30(32)39-35(45)27-10-6-11-29(23-27)36(2,3)25-37/h4-6,9-12,14-15,23-24H,7-8,13,16-22H2,1-3H3,(H,38,44)(H,39,45). The van der Waals surface area contributed by atoms with Gasteiger partial charge in [-0.1, -0.05) is 30.3 Å². The Labute approximate surface area is 265 Å². The highest BCUT2D eigenvalue weighted by Gasteiger charge is 2.24. The summed E-state index contributed by atoms with van der Waals surface area (Å²) in [7, 11) is 0. The first kappa shape index (κ1) is 31.6. The predicted octanol–water partition coefficient (Wildman–Crippen LogP) is 5.12. The van der Waals surface area contributed by atoms with Crippen molar-refractivity contribution in [2.24, 2.45) is 0 Å². The number of carbonyl (C=O) groups is 3. The summed E-state index contributed by atoms with van der Waals surface area (Å²) in [5.74, 6) is -0.357. The van der Waals surface area contributed by atoms with E-state index in [1.807, 2.05) is 36.9 Å². The molecule has 0 unspecified atom stereocenters. The van der Waals surface area contributed by atoms with Gasteiger partial charge in [0, 0.05) is 69.0 Å². The van der Waals surface area contributed by atoms with E-state index in [4.69, 9.17) is 0 Å². The molecule has 234 valence electrons. The Hall–Kier alpha value is -4.84. The molecule has 9 heteroatoms. The molecule has 0 bridgehead atoms. The van der Waals surface area contributed by atoms with Crippen LogP contribution in [0.1, 0.15) is 65.0 Å². The molecule has 2 heterocycles. The van der Waals surface area contributed by atoms with Gasteiger partial charge in [0.1, 0.15) is 0 Å². The number of nitriles is 1. The topological polar surface area (TPSA) is 109 Å². The Morgan fingerprint density at radius 3 is 2.27 bits per heavy atom. The van der Waals surface area contributed by atoms with Gasteiger partial charge in [-0.3, -0.25) is 14.4 Å². The van der Waals surface area contributed by atoms with Crippen LogP contribution in [0.5, 0.6) is 0 Å². The summed E-state index contributed by atoms with van der Waals surface area (Å²) in [4.78, 5) is 45.1. The van der Waals surface area contributed by atoms with Crippen LogP contribution in [-0.2, 0) is 10.2 Å². The molecule has 0 spiro atoms. The smallest absolute Gasteiger partial charge is 0.255 e. The summed E-state index contributed by atoms with van der Waals surface area (Å²) in [6.45, 7) is 10.8. The zero-order valence-electron chi connectivity index (χ0n) is 26.4. The average Bonchev–Trinajstić information content (AvgIpc) is 3.47. The minimum atomic E-state index is -0.738. The molecular formula is C36H42N6O3. The van der Waals surface area contributed by atoms with Crippen molar-refractivity contribution in [1.29, 1.82) is 5.26 Å². The summed E-state index contributed by atoms with van der Waals surface area (Å²) in [6, 6.07) is 23.2. The number of aryl methyl sites for hydroxylation is 1. The van der Waals surface area contributed by atoms with E-state index in [-0.39, 0.29) is 17.7 Å². The first-order valence-electron chi connectivity index (χ1n) is 15.7. The van der Waals surface area contributed by atoms with Crippen LogP contribution >= 0.6 is 0 Å². The largest absolute Gasteiger partial charge is 0.368 e. The van der Waals surface area contributed by atoms with E-state index in [0.29, 0.717) is 42.7 Å². The number of para-hydroxylation sites is 1. The number of hydrogen-bond acceptors (Lipinski definition) is 6. The average molecular weight is 607 g/mol. The van der Waals surface area contributed by atoms with Gasteiger partial charge < -0.3 is 25.3 Å². The van der Waals surface area contributed by atoms with Gasteiger partial charge in [0.15, 0.2) is 0 Å². The van der Waals surface area contributed by atoms with Crippen LogP contribution in [0.15, 0.2) is 66.7 Å². The highest BCUT2D eigenvalue weighted by Crippen LogP contribution is 2.31. The molecule has 3 aromatic rings. The second kappa shape index (κ2) is 13.9. The number of benzene rings is 3. The number of rotatable bonds is 10. The van der Waals surface area contributed by atoms with Gasteiger partial charge in [-0.2, -0.15) is 5.26 Å². The van der Waals surface area contributed by atoms with Crippen LogP contribution in [0, 0.1) is 18.3 Å². The maximum Gasteiger partial charge on any atom is 0.255 e. The lowest BCUT2D eigenvalue weighted by Gasteiger charge is -2.38.